The van der Waals surface area contributed by atoms with Crippen LogP contribution in [-0.4, -0.2) is 16.2 Å². The minimum Gasteiger partial charge on any atom is -0.339 e. The van der Waals surface area contributed by atoms with Crippen molar-refractivity contribution in [1.82, 2.24) is 10.1 Å². The smallest absolute Gasteiger partial charge is 0.229 e. The molecule has 0 amide bonds. The van der Waals surface area contributed by atoms with Crippen LogP contribution in [0.2, 0.25) is 0 Å². The molecule has 0 bridgehead atoms. The Kier molecular flexibility index (Phi) is 3.34. The molecule has 1 fully saturated rings. The molecule has 0 aliphatic heterocycles. The molecule has 1 heterocycles. The van der Waals surface area contributed by atoms with Gasteiger partial charge in [-0.3, -0.25) is 0 Å². The predicted octanol–water partition coefficient (Wildman–Crippen LogP) is 2.56. The summed E-state index contributed by atoms with van der Waals surface area (Å²) in [4.78, 5) is 4.53. The normalized spacial score (nSPS) is 22.8. The van der Waals surface area contributed by atoms with E-state index in [0.29, 0.717) is 5.92 Å². The highest BCUT2D eigenvalue weighted by Crippen LogP contribution is 2.32. The Labute approximate surface area is 113 Å². The van der Waals surface area contributed by atoms with Gasteiger partial charge in [0, 0.05) is 18.4 Å². The third kappa shape index (κ3) is 2.68. The van der Waals surface area contributed by atoms with E-state index in [-0.39, 0.29) is 6.04 Å². The lowest BCUT2D eigenvalue weighted by molar-refractivity contribution is 0.350. The van der Waals surface area contributed by atoms with E-state index in [1.807, 2.05) is 12.1 Å². The molecule has 1 aromatic carbocycles. The van der Waals surface area contributed by atoms with E-state index in [2.05, 4.69) is 29.2 Å². The summed E-state index contributed by atoms with van der Waals surface area (Å²) in [7, 11) is 0. The summed E-state index contributed by atoms with van der Waals surface area (Å²) >= 11 is 0. The van der Waals surface area contributed by atoms with Crippen molar-refractivity contribution in [3.05, 3.63) is 47.1 Å². The van der Waals surface area contributed by atoms with E-state index in [1.165, 1.54) is 11.1 Å². The SMILES string of the molecule is Cc1ccccc1Cc1noc([C@@H]2CC[C@H](N)C2)n1. The van der Waals surface area contributed by atoms with Gasteiger partial charge >= 0.3 is 0 Å². The fourth-order valence-corrected chi connectivity index (χ4v) is 2.72. The van der Waals surface area contributed by atoms with Crippen LogP contribution >= 0.6 is 0 Å². The summed E-state index contributed by atoms with van der Waals surface area (Å²) in [6.45, 7) is 2.10. The minimum absolute atomic E-state index is 0.289. The van der Waals surface area contributed by atoms with Crippen molar-refractivity contribution in [3.63, 3.8) is 0 Å². The van der Waals surface area contributed by atoms with E-state index in [0.717, 1.165) is 37.4 Å². The first kappa shape index (κ1) is 12.4. The van der Waals surface area contributed by atoms with Crippen LogP contribution in [0.5, 0.6) is 0 Å². The van der Waals surface area contributed by atoms with E-state index < -0.39 is 0 Å². The highest BCUT2D eigenvalue weighted by molar-refractivity contribution is 5.28. The molecule has 0 unspecified atom stereocenters. The first-order valence-corrected chi connectivity index (χ1v) is 6.85. The highest BCUT2D eigenvalue weighted by Gasteiger charge is 2.27. The van der Waals surface area contributed by atoms with Gasteiger partial charge in [0.2, 0.25) is 5.89 Å². The molecule has 100 valence electrons. The molecule has 2 aromatic rings. The fraction of sp³-hybridized carbons (Fsp3) is 0.467. The molecule has 1 saturated carbocycles. The lowest BCUT2D eigenvalue weighted by atomic mass is 10.1. The summed E-state index contributed by atoms with van der Waals surface area (Å²) in [6, 6.07) is 8.58. The van der Waals surface area contributed by atoms with Crippen molar-refractivity contribution in [2.75, 3.05) is 0 Å². The van der Waals surface area contributed by atoms with Crippen molar-refractivity contribution in [1.29, 1.82) is 0 Å². The summed E-state index contributed by atoms with van der Waals surface area (Å²) < 4.78 is 5.39. The maximum Gasteiger partial charge on any atom is 0.229 e. The number of hydrogen-bond donors (Lipinski definition) is 1. The molecule has 0 spiro atoms. The molecule has 0 radical (unpaired) electrons. The Bertz CT molecular complexity index is 564. The Balaban J connectivity index is 1.73. The molecule has 2 N–H and O–H groups in total. The van der Waals surface area contributed by atoms with Crippen molar-refractivity contribution in [2.45, 2.75) is 44.6 Å². The molecule has 0 saturated heterocycles. The zero-order valence-electron chi connectivity index (χ0n) is 11.2. The molecule has 4 nitrogen and oxygen atoms in total. The summed E-state index contributed by atoms with van der Waals surface area (Å²) in [6.07, 6.45) is 3.81. The van der Waals surface area contributed by atoms with Crippen molar-refractivity contribution in [2.24, 2.45) is 5.73 Å². The molecule has 3 rings (SSSR count). The number of benzene rings is 1. The zero-order chi connectivity index (χ0) is 13.2. The van der Waals surface area contributed by atoms with Crippen LogP contribution in [0.15, 0.2) is 28.8 Å². The first-order valence-electron chi connectivity index (χ1n) is 6.85. The molecule has 1 aliphatic carbocycles. The van der Waals surface area contributed by atoms with Crippen LogP contribution in [0.25, 0.3) is 0 Å². The second-order valence-corrected chi connectivity index (χ2v) is 5.42. The van der Waals surface area contributed by atoms with Crippen LogP contribution in [0.3, 0.4) is 0 Å². The van der Waals surface area contributed by atoms with E-state index in [4.69, 9.17) is 10.3 Å². The maximum atomic E-state index is 5.92. The lowest BCUT2D eigenvalue weighted by Crippen LogP contribution is -2.14. The molecular weight excluding hydrogens is 238 g/mol. The zero-order valence-corrected chi connectivity index (χ0v) is 11.2. The van der Waals surface area contributed by atoms with Gasteiger partial charge in [-0.25, -0.2) is 0 Å². The lowest BCUT2D eigenvalue weighted by Gasteiger charge is -2.02. The Morgan fingerprint density at radius 3 is 2.89 bits per heavy atom. The van der Waals surface area contributed by atoms with E-state index >= 15 is 0 Å². The van der Waals surface area contributed by atoms with Gasteiger partial charge in [0.25, 0.3) is 0 Å². The number of rotatable bonds is 3. The average Bonchev–Trinajstić information content (AvgIpc) is 3.01. The summed E-state index contributed by atoms with van der Waals surface area (Å²) in [5.74, 6) is 1.88. The van der Waals surface area contributed by atoms with Gasteiger partial charge < -0.3 is 10.3 Å². The van der Waals surface area contributed by atoms with Gasteiger partial charge in [-0.2, -0.15) is 4.98 Å². The molecule has 1 aromatic heterocycles. The van der Waals surface area contributed by atoms with Crippen molar-refractivity contribution in [3.8, 4) is 0 Å². The third-order valence-electron chi connectivity index (χ3n) is 3.92. The van der Waals surface area contributed by atoms with Gasteiger partial charge in [0.1, 0.15) is 0 Å². The Morgan fingerprint density at radius 1 is 1.32 bits per heavy atom. The number of aryl methyl sites for hydroxylation is 1. The van der Waals surface area contributed by atoms with Crippen LogP contribution in [0, 0.1) is 6.92 Å². The molecular formula is C15H19N3O. The molecule has 19 heavy (non-hydrogen) atoms. The number of nitrogens with zero attached hydrogens (tertiary/aromatic N) is 2. The summed E-state index contributed by atoms with van der Waals surface area (Å²) in [5, 5.41) is 4.10. The van der Waals surface area contributed by atoms with Gasteiger partial charge in [-0.1, -0.05) is 29.4 Å². The molecule has 1 aliphatic rings. The largest absolute Gasteiger partial charge is 0.339 e. The van der Waals surface area contributed by atoms with Crippen LogP contribution in [0.1, 0.15) is 48.0 Å². The van der Waals surface area contributed by atoms with E-state index in [1.54, 1.807) is 0 Å². The van der Waals surface area contributed by atoms with Crippen LogP contribution in [-0.2, 0) is 6.42 Å². The van der Waals surface area contributed by atoms with Crippen molar-refractivity contribution >= 4 is 0 Å². The first-order chi connectivity index (χ1) is 9.22. The second kappa shape index (κ2) is 5.13. The molecule has 4 heteroatoms. The van der Waals surface area contributed by atoms with Crippen LogP contribution < -0.4 is 5.73 Å². The summed E-state index contributed by atoms with van der Waals surface area (Å²) in [5.41, 5.74) is 8.43. The van der Waals surface area contributed by atoms with Gasteiger partial charge in [0.15, 0.2) is 5.82 Å². The average molecular weight is 257 g/mol. The number of nitrogens with two attached hydrogens (primary N) is 1. The molecule has 2 atom stereocenters. The minimum atomic E-state index is 0.289. The topological polar surface area (TPSA) is 64.9 Å². The van der Waals surface area contributed by atoms with Gasteiger partial charge in [-0.05, 0) is 37.3 Å². The number of hydrogen-bond acceptors (Lipinski definition) is 4. The number of aromatic nitrogens is 2. The quantitative estimate of drug-likeness (QED) is 0.917. The van der Waals surface area contributed by atoms with E-state index in [9.17, 15) is 0 Å². The van der Waals surface area contributed by atoms with Crippen molar-refractivity contribution < 1.29 is 4.52 Å². The second-order valence-electron chi connectivity index (χ2n) is 5.42. The Hall–Kier alpha value is -1.68. The highest BCUT2D eigenvalue weighted by atomic mass is 16.5. The monoisotopic (exact) mass is 257 g/mol. The third-order valence-corrected chi connectivity index (χ3v) is 3.92. The standard InChI is InChI=1S/C15H19N3O/c1-10-4-2-3-5-11(10)9-14-17-15(19-18-14)12-6-7-13(16)8-12/h2-5,12-13H,6-9,16H2,1H3/t12-,13+/m1/s1. The fourth-order valence-electron chi connectivity index (χ4n) is 2.72. The van der Waals surface area contributed by atoms with Gasteiger partial charge in [-0.15, -0.1) is 0 Å². The maximum absolute atomic E-state index is 5.92. The van der Waals surface area contributed by atoms with Crippen LogP contribution in [0.4, 0.5) is 0 Å². The van der Waals surface area contributed by atoms with Gasteiger partial charge in [0.05, 0.1) is 0 Å². The predicted molar refractivity (Wildman–Crippen MR) is 72.9 cm³/mol. The Morgan fingerprint density at radius 2 is 2.16 bits per heavy atom.